The molecule has 0 bridgehead atoms. The fourth-order valence-corrected chi connectivity index (χ4v) is 4.61. The molecule has 4 aromatic carbocycles. The topological polar surface area (TPSA) is 55.4 Å². The van der Waals surface area contributed by atoms with Gasteiger partial charge in [-0.2, -0.15) is 131 Å². The van der Waals surface area contributed by atoms with Crippen molar-refractivity contribution >= 4 is 93.5 Å². The molecule has 6 nitrogen and oxygen atoms in total. The van der Waals surface area contributed by atoms with E-state index in [2.05, 4.69) is 45.9 Å². The Hall–Kier alpha value is -2.57. The molecule has 0 atom stereocenters. The summed E-state index contributed by atoms with van der Waals surface area (Å²) in [6, 6.07) is 26.3. The third-order valence-corrected chi connectivity index (χ3v) is 7.29. The van der Waals surface area contributed by atoms with Gasteiger partial charge in [0.05, 0.1) is 27.4 Å². The number of ether oxygens (including phenoxy) is 6. The Kier molecular flexibility index (Phi) is 27.7. The molecule has 4 rings (SSSR count). The summed E-state index contributed by atoms with van der Waals surface area (Å²) in [5.41, 5.74) is 3.19. The number of thiocarbonyl (C=S) groups is 4. The van der Waals surface area contributed by atoms with Gasteiger partial charge in [0.1, 0.15) is 36.2 Å². The molecule has 0 aliphatic rings. The molecule has 0 saturated heterocycles. The van der Waals surface area contributed by atoms with Crippen molar-refractivity contribution in [2.75, 3.05) is 54.9 Å². The van der Waals surface area contributed by atoms with Crippen LogP contribution in [0, 0.1) is 0 Å². The second-order valence-electron chi connectivity index (χ2n) is 8.74. The van der Waals surface area contributed by atoms with Crippen LogP contribution in [0.1, 0.15) is 22.3 Å². The summed E-state index contributed by atoms with van der Waals surface area (Å²) in [7, 11) is 6.27. The summed E-state index contributed by atoms with van der Waals surface area (Å²) in [4.78, 5) is 0. The third kappa shape index (κ3) is 17.8. The van der Waals surface area contributed by atoms with Crippen LogP contribution in [0.5, 0.6) is 23.0 Å². The fourth-order valence-electron chi connectivity index (χ4n) is 3.32. The van der Waals surface area contributed by atoms with Crippen LogP contribution in [0.4, 0.5) is 0 Å². The van der Waals surface area contributed by atoms with E-state index < -0.39 is 0 Å². The van der Waals surface area contributed by atoms with Crippen LogP contribution >= 0.6 is 72.1 Å². The molecule has 13 heteroatoms. The summed E-state index contributed by atoms with van der Waals surface area (Å²) >= 11 is 30.7. The zero-order chi connectivity index (χ0) is 35.6. The van der Waals surface area contributed by atoms with Crippen molar-refractivity contribution in [2.45, 2.75) is 0 Å². The van der Waals surface area contributed by atoms with Gasteiger partial charge in [-0.25, -0.2) is 0 Å². The molecule has 0 saturated carbocycles. The van der Waals surface area contributed by atoms with Gasteiger partial charge in [0.15, 0.2) is 0 Å². The van der Waals surface area contributed by atoms with Gasteiger partial charge in [-0.1, -0.05) is 24.3 Å². The second kappa shape index (κ2) is 29.2. The minimum Gasteiger partial charge on any atom is -0.504 e. The fraction of sp³-hybridized carbons (Fsp3) is 0.222. The molecule has 4 aromatic rings. The zero-order valence-corrected chi connectivity index (χ0v) is 32.8. The first-order chi connectivity index (χ1) is 23.3. The predicted molar refractivity (Wildman–Crippen MR) is 210 cm³/mol. The second-order valence-corrected chi connectivity index (χ2v) is 10.3. The number of halogens is 2. The largest absolute Gasteiger partial charge is 0.504 e. The first-order valence-corrected chi connectivity index (χ1v) is 16.3. The first kappa shape index (κ1) is 46.4. The number of hydrogen-bond donors (Lipinski definition) is 0. The molecule has 266 valence electrons. The summed E-state index contributed by atoms with van der Waals surface area (Å²) in [5.74, 6) is 2.07. The van der Waals surface area contributed by atoms with Crippen molar-refractivity contribution in [3.8, 4) is 23.0 Å². The van der Waals surface area contributed by atoms with Crippen LogP contribution < -0.4 is 18.9 Å². The van der Waals surface area contributed by atoms with E-state index in [1.807, 2.05) is 60.7 Å². The van der Waals surface area contributed by atoms with Crippen LogP contribution in [0.25, 0.3) is 0 Å². The van der Waals surface area contributed by atoms with Gasteiger partial charge < -0.3 is 28.4 Å². The van der Waals surface area contributed by atoms with Gasteiger partial charge in [-0.05, 0) is 10.0 Å². The summed E-state index contributed by atoms with van der Waals surface area (Å²) in [6.45, 7) is 1.87. The molecule has 0 N–H and O–H groups in total. The Morgan fingerprint density at radius 1 is 0.490 bits per heavy atom. The van der Waals surface area contributed by atoms with Crippen LogP contribution in [0.3, 0.4) is 0 Å². The van der Waals surface area contributed by atoms with Crippen molar-refractivity contribution in [1.82, 2.24) is 0 Å². The molecule has 0 aromatic heterocycles. The smallest absolute Gasteiger partial charge is 0.138 e. The molecular weight excluding hydrogens is 786 g/mol. The van der Waals surface area contributed by atoms with Crippen molar-refractivity contribution in [3.63, 3.8) is 0 Å². The zero-order valence-electron chi connectivity index (χ0n) is 27.1. The van der Waals surface area contributed by atoms with Crippen molar-refractivity contribution in [1.29, 1.82) is 0 Å². The monoisotopic (exact) mass is 818 g/mol. The molecule has 0 amide bonds. The number of hydrogen-bond acceptors (Lipinski definition) is 10. The van der Waals surface area contributed by atoms with Crippen LogP contribution in [-0.2, 0) is 26.0 Å². The summed E-state index contributed by atoms with van der Waals surface area (Å²) in [5, 5.41) is 11.2. The SMILES string of the molecule is COCCOc1ccc([C-]=S)c(Cl)c1OC.COCCOc1ccc([C-]=S)c(Cl)c1OC.S=[C-]c1ccccc1.S=[C-]c1ccccc1.[Ni]. The van der Waals surface area contributed by atoms with Crippen molar-refractivity contribution in [2.24, 2.45) is 0 Å². The molecule has 49 heavy (non-hydrogen) atoms. The molecule has 0 radical (unpaired) electrons. The van der Waals surface area contributed by atoms with E-state index >= 15 is 0 Å². The molecule has 0 aliphatic heterocycles. The van der Waals surface area contributed by atoms with Gasteiger partial charge >= 0.3 is 0 Å². The standard InChI is InChI=1S/2C11H12ClO3S.2C7H5S.Ni/c2*1-13-5-6-15-9-4-3-8(7-16)10(12)11(9)14-2;2*8-6-7-4-2-1-3-5-7;/h2*3-4H,5-6H2,1-2H3;2*1-5H;/q4*-1;. The minimum atomic E-state index is 0. The van der Waals surface area contributed by atoms with E-state index in [1.165, 1.54) is 14.2 Å². The minimum absolute atomic E-state index is 0. The van der Waals surface area contributed by atoms with Crippen LogP contribution in [-0.4, -0.2) is 76.3 Å². The van der Waals surface area contributed by atoms with E-state index in [0.717, 1.165) is 11.1 Å². The molecular formula is C36H34Cl2NiO6S4-4. The molecule has 0 fully saturated rings. The van der Waals surface area contributed by atoms with E-state index in [1.54, 1.807) is 38.5 Å². The first-order valence-electron chi connectivity index (χ1n) is 13.9. The van der Waals surface area contributed by atoms with Crippen LogP contribution in [0.2, 0.25) is 10.0 Å². The van der Waals surface area contributed by atoms with Gasteiger partial charge in [0.25, 0.3) is 0 Å². The third-order valence-electron chi connectivity index (χ3n) is 5.62. The van der Waals surface area contributed by atoms with Gasteiger partial charge in [0, 0.05) is 30.7 Å². The average Bonchev–Trinajstić information content (AvgIpc) is 3.13. The Morgan fingerprint density at radius 2 is 0.837 bits per heavy atom. The van der Waals surface area contributed by atoms with Crippen LogP contribution in [0.15, 0.2) is 84.9 Å². The van der Waals surface area contributed by atoms with E-state index in [0.29, 0.717) is 70.6 Å². The van der Waals surface area contributed by atoms with Crippen molar-refractivity contribution in [3.05, 3.63) is 117 Å². The maximum absolute atomic E-state index is 6.06. The Bertz CT molecular complexity index is 1420. The summed E-state index contributed by atoms with van der Waals surface area (Å²) in [6.07, 6.45) is 0. The predicted octanol–water partition coefficient (Wildman–Crippen LogP) is 9.02. The number of benzene rings is 4. The number of rotatable bonds is 14. The Morgan fingerprint density at radius 3 is 1.08 bits per heavy atom. The van der Waals surface area contributed by atoms with Gasteiger partial charge in [-0.3, -0.25) is 0 Å². The molecule has 0 spiro atoms. The Labute approximate surface area is 331 Å². The summed E-state index contributed by atoms with van der Waals surface area (Å²) < 4.78 is 31.0. The molecule has 0 aliphatic carbocycles. The maximum Gasteiger partial charge on any atom is 0.138 e. The van der Waals surface area contributed by atoms with Gasteiger partial charge in [0.2, 0.25) is 0 Å². The van der Waals surface area contributed by atoms with Crippen molar-refractivity contribution < 1.29 is 44.9 Å². The normalized spacial score (nSPS) is 9.27. The van der Waals surface area contributed by atoms with Gasteiger partial charge in [-0.15, -0.1) is 45.7 Å². The molecule has 0 heterocycles. The number of methoxy groups -OCH3 is 4. The van der Waals surface area contributed by atoms with E-state index in [-0.39, 0.29) is 16.5 Å². The average molecular weight is 821 g/mol. The maximum atomic E-state index is 6.06. The Balaban J connectivity index is 0.000000653. The van der Waals surface area contributed by atoms with E-state index in [4.69, 9.17) is 76.1 Å². The quantitative estimate of drug-likeness (QED) is 0.0534. The molecule has 0 unspecified atom stereocenters. The van der Waals surface area contributed by atoms with E-state index in [9.17, 15) is 0 Å².